The first-order chi connectivity index (χ1) is 14.8. The smallest absolute Gasteiger partial charge is 0.350 e. The van der Waals surface area contributed by atoms with Crippen molar-refractivity contribution in [2.75, 3.05) is 6.54 Å². The number of hydrogen-bond donors (Lipinski definition) is 1. The van der Waals surface area contributed by atoms with Gasteiger partial charge in [-0.05, 0) is 61.4 Å². The van der Waals surface area contributed by atoms with Crippen LogP contribution >= 0.6 is 11.6 Å². The first kappa shape index (κ1) is 21.1. The summed E-state index contributed by atoms with van der Waals surface area (Å²) >= 11 is 6.24. The number of nitrogens with one attached hydrogen (secondary N) is 1. The Labute approximate surface area is 184 Å². The number of aryl methyl sites for hydroxylation is 2. The average molecular weight is 439 g/mol. The van der Waals surface area contributed by atoms with E-state index in [1.165, 1.54) is 0 Å². The second kappa shape index (κ2) is 8.51. The predicted octanol–water partition coefficient (Wildman–Crippen LogP) is 2.85. The molecule has 1 fully saturated rings. The van der Waals surface area contributed by atoms with Gasteiger partial charge in [-0.1, -0.05) is 41.9 Å². The van der Waals surface area contributed by atoms with E-state index in [1.54, 1.807) is 18.2 Å². The molecule has 1 amide bonds. The summed E-state index contributed by atoms with van der Waals surface area (Å²) in [6, 6.07) is 12.5. The van der Waals surface area contributed by atoms with E-state index in [2.05, 4.69) is 10.4 Å². The zero-order chi connectivity index (χ0) is 22.1. The fraction of sp³-hybridized carbons (Fsp3) is 0.304. The van der Waals surface area contributed by atoms with E-state index < -0.39 is 17.2 Å². The maximum atomic E-state index is 13.2. The number of aromatic nitrogens is 3. The third-order valence-electron chi connectivity index (χ3n) is 5.51. The molecule has 0 unspecified atom stereocenters. The summed E-state index contributed by atoms with van der Waals surface area (Å²) in [5.41, 5.74) is 1.32. The molecule has 1 aromatic heterocycles. The SMILES string of the molecule is Cc1ccc(-n2nc(C(=O)NCC3CC3)c(=O)n(Cc3ccccc3C)c2=O)cc1Cl. The molecule has 1 aliphatic rings. The van der Waals surface area contributed by atoms with E-state index in [-0.39, 0.29) is 12.2 Å². The van der Waals surface area contributed by atoms with Gasteiger partial charge >= 0.3 is 5.69 Å². The summed E-state index contributed by atoms with van der Waals surface area (Å²) in [5.74, 6) is -0.137. The molecule has 4 rings (SSSR count). The number of carbonyl (C=O) groups is 1. The highest BCUT2D eigenvalue weighted by Gasteiger charge is 2.25. The third kappa shape index (κ3) is 4.46. The minimum absolute atomic E-state index is 0.0371. The molecule has 3 aromatic rings. The quantitative estimate of drug-likeness (QED) is 0.641. The average Bonchev–Trinajstić information content (AvgIpc) is 3.57. The number of benzene rings is 2. The van der Waals surface area contributed by atoms with Crippen LogP contribution in [-0.2, 0) is 6.54 Å². The van der Waals surface area contributed by atoms with Gasteiger partial charge in [-0.25, -0.2) is 4.79 Å². The summed E-state index contributed by atoms with van der Waals surface area (Å²) in [5, 5.41) is 7.36. The molecule has 2 aromatic carbocycles. The van der Waals surface area contributed by atoms with Gasteiger partial charge in [0.15, 0.2) is 0 Å². The van der Waals surface area contributed by atoms with Crippen molar-refractivity contribution in [2.45, 2.75) is 33.2 Å². The Balaban J connectivity index is 1.85. The molecule has 1 saturated carbocycles. The normalized spacial score (nSPS) is 13.3. The summed E-state index contributed by atoms with van der Waals surface area (Å²) in [7, 11) is 0. The Hall–Kier alpha value is -3.19. The van der Waals surface area contributed by atoms with Gasteiger partial charge in [0.1, 0.15) is 0 Å². The molecule has 1 N–H and O–H groups in total. The van der Waals surface area contributed by atoms with Crippen LogP contribution in [0.2, 0.25) is 5.02 Å². The van der Waals surface area contributed by atoms with Crippen molar-refractivity contribution in [1.29, 1.82) is 0 Å². The van der Waals surface area contributed by atoms with Gasteiger partial charge in [-0.3, -0.25) is 14.2 Å². The lowest BCUT2D eigenvalue weighted by molar-refractivity contribution is 0.0942. The van der Waals surface area contributed by atoms with Crippen molar-refractivity contribution in [3.05, 3.63) is 90.7 Å². The molecule has 0 saturated heterocycles. The number of halogens is 1. The zero-order valence-corrected chi connectivity index (χ0v) is 18.1. The van der Waals surface area contributed by atoms with Crippen LogP contribution in [0.15, 0.2) is 52.1 Å². The Kier molecular flexibility index (Phi) is 5.78. The number of rotatable bonds is 6. The monoisotopic (exact) mass is 438 g/mol. The lowest BCUT2D eigenvalue weighted by Gasteiger charge is -2.14. The molecule has 0 bridgehead atoms. The maximum Gasteiger partial charge on any atom is 0.352 e. The second-order valence-corrected chi connectivity index (χ2v) is 8.35. The summed E-state index contributed by atoms with van der Waals surface area (Å²) in [6.45, 7) is 4.28. The molecule has 1 aliphatic carbocycles. The van der Waals surface area contributed by atoms with Gasteiger partial charge < -0.3 is 5.32 Å². The largest absolute Gasteiger partial charge is 0.352 e. The van der Waals surface area contributed by atoms with Gasteiger partial charge in [0.05, 0.1) is 12.2 Å². The van der Waals surface area contributed by atoms with Crippen molar-refractivity contribution < 1.29 is 4.79 Å². The Morgan fingerprint density at radius 2 is 1.87 bits per heavy atom. The summed E-state index contributed by atoms with van der Waals surface area (Å²) in [4.78, 5) is 39.1. The van der Waals surface area contributed by atoms with E-state index >= 15 is 0 Å². The fourth-order valence-electron chi connectivity index (χ4n) is 3.28. The van der Waals surface area contributed by atoms with Crippen LogP contribution in [-0.4, -0.2) is 26.8 Å². The first-order valence-corrected chi connectivity index (χ1v) is 10.6. The van der Waals surface area contributed by atoms with Gasteiger partial charge in [0.2, 0.25) is 5.69 Å². The fourth-order valence-corrected chi connectivity index (χ4v) is 3.45. The minimum Gasteiger partial charge on any atom is -0.350 e. The van der Waals surface area contributed by atoms with Crippen molar-refractivity contribution in [1.82, 2.24) is 19.7 Å². The number of amides is 1. The Morgan fingerprint density at radius 1 is 1.13 bits per heavy atom. The molecule has 0 atom stereocenters. The van der Waals surface area contributed by atoms with E-state index in [9.17, 15) is 14.4 Å². The molecule has 31 heavy (non-hydrogen) atoms. The van der Waals surface area contributed by atoms with Crippen LogP contribution in [0.4, 0.5) is 0 Å². The predicted molar refractivity (Wildman–Crippen MR) is 119 cm³/mol. The van der Waals surface area contributed by atoms with Crippen LogP contribution in [0.25, 0.3) is 5.69 Å². The Morgan fingerprint density at radius 3 is 2.55 bits per heavy atom. The molecule has 0 spiro atoms. The molecular weight excluding hydrogens is 416 g/mol. The molecular formula is C23H23ClN4O3. The van der Waals surface area contributed by atoms with Gasteiger partial charge in [0, 0.05) is 11.6 Å². The van der Waals surface area contributed by atoms with Crippen LogP contribution < -0.4 is 16.6 Å². The van der Waals surface area contributed by atoms with E-state index in [0.717, 1.165) is 38.8 Å². The van der Waals surface area contributed by atoms with E-state index in [1.807, 2.05) is 38.1 Å². The van der Waals surface area contributed by atoms with Crippen molar-refractivity contribution in [3.63, 3.8) is 0 Å². The van der Waals surface area contributed by atoms with Crippen molar-refractivity contribution in [3.8, 4) is 5.69 Å². The number of nitrogens with zero attached hydrogens (tertiary/aromatic N) is 3. The number of hydrogen-bond acceptors (Lipinski definition) is 4. The molecule has 160 valence electrons. The molecule has 0 aliphatic heterocycles. The maximum absolute atomic E-state index is 13.2. The van der Waals surface area contributed by atoms with E-state index in [0.29, 0.717) is 23.2 Å². The summed E-state index contributed by atoms with van der Waals surface area (Å²) < 4.78 is 2.12. The highest BCUT2D eigenvalue weighted by molar-refractivity contribution is 6.31. The molecule has 8 heteroatoms. The van der Waals surface area contributed by atoms with Crippen LogP contribution in [0.5, 0.6) is 0 Å². The number of carbonyl (C=O) groups excluding carboxylic acids is 1. The van der Waals surface area contributed by atoms with E-state index in [4.69, 9.17) is 11.6 Å². The van der Waals surface area contributed by atoms with Crippen molar-refractivity contribution in [2.24, 2.45) is 5.92 Å². The topological polar surface area (TPSA) is 86.0 Å². The van der Waals surface area contributed by atoms with Crippen LogP contribution in [0.3, 0.4) is 0 Å². The molecule has 7 nitrogen and oxygen atoms in total. The third-order valence-corrected chi connectivity index (χ3v) is 5.92. The Bertz CT molecular complexity index is 1270. The van der Waals surface area contributed by atoms with Crippen LogP contribution in [0, 0.1) is 19.8 Å². The minimum atomic E-state index is -0.712. The highest BCUT2D eigenvalue weighted by Crippen LogP contribution is 2.27. The van der Waals surface area contributed by atoms with Gasteiger partial charge in [-0.2, -0.15) is 9.78 Å². The molecule has 1 heterocycles. The highest BCUT2D eigenvalue weighted by atomic mass is 35.5. The van der Waals surface area contributed by atoms with Crippen LogP contribution in [0.1, 0.15) is 40.0 Å². The lowest BCUT2D eigenvalue weighted by atomic mass is 10.1. The molecule has 0 radical (unpaired) electrons. The van der Waals surface area contributed by atoms with Crippen molar-refractivity contribution >= 4 is 17.5 Å². The standard InChI is InChI=1S/C23H23ClN4O3/c1-14-5-3-4-6-17(14)13-27-22(30)20(21(29)25-12-16-8-9-16)26-28(23(27)31)18-10-7-15(2)19(24)11-18/h3-7,10-11,16H,8-9,12-13H2,1-2H3,(H,25,29). The van der Waals surface area contributed by atoms with Gasteiger partial charge in [0.25, 0.3) is 11.5 Å². The first-order valence-electron chi connectivity index (χ1n) is 10.2. The van der Waals surface area contributed by atoms with Gasteiger partial charge in [-0.15, -0.1) is 0 Å². The zero-order valence-electron chi connectivity index (χ0n) is 17.4. The lowest BCUT2D eigenvalue weighted by Crippen LogP contribution is -2.46. The second-order valence-electron chi connectivity index (χ2n) is 7.95. The summed E-state index contributed by atoms with van der Waals surface area (Å²) in [6.07, 6.45) is 2.12.